The Bertz CT molecular complexity index is 1280. The van der Waals surface area contributed by atoms with Gasteiger partial charge < -0.3 is 25.7 Å². The van der Waals surface area contributed by atoms with E-state index in [-0.39, 0.29) is 23.0 Å². The summed E-state index contributed by atoms with van der Waals surface area (Å²) in [4.78, 5) is 37.6. The second kappa shape index (κ2) is 9.83. The van der Waals surface area contributed by atoms with Gasteiger partial charge in [0.05, 0.1) is 23.5 Å². The van der Waals surface area contributed by atoms with E-state index in [1.54, 1.807) is 28.8 Å². The molecule has 176 valence electrons. The van der Waals surface area contributed by atoms with Gasteiger partial charge in [0.1, 0.15) is 0 Å². The predicted molar refractivity (Wildman–Crippen MR) is 129 cm³/mol. The van der Waals surface area contributed by atoms with Crippen molar-refractivity contribution in [2.75, 3.05) is 29.6 Å². The Balaban J connectivity index is 1.68. The molecule has 4 N–H and O–H groups in total. The fourth-order valence-corrected chi connectivity index (χ4v) is 3.09. The lowest BCUT2D eigenvalue weighted by atomic mass is 10.2. The van der Waals surface area contributed by atoms with Crippen LogP contribution in [-0.4, -0.2) is 51.2 Å². The average Bonchev–Trinajstić information content (AvgIpc) is 2.84. The Labute approximate surface area is 200 Å². The van der Waals surface area contributed by atoms with Gasteiger partial charge in [-0.25, -0.2) is 14.2 Å². The monoisotopic (exact) mass is 472 g/mol. The summed E-state index contributed by atoms with van der Waals surface area (Å²) >= 11 is 0. The van der Waals surface area contributed by atoms with E-state index in [0.29, 0.717) is 17.3 Å². The van der Waals surface area contributed by atoms with Gasteiger partial charge in [0.2, 0.25) is 0 Å². The Morgan fingerprint density at radius 1 is 0.714 bits per heavy atom. The van der Waals surface area contributed by atoms with Crippen LogP contribution in [0.25, 0.3) is 5.95 Å². The molecular formula is C24H22N7O4+. The summed E-state index contributed by atoms with van der Waals surface area (Å²) in [5.74, 6) is -1.24. The molecule has 4 rings (SSSR count). The molecule has 0 amide bonds. The van der Waals surface area contributed by atoms with Crippen molar-refractivity contribution in [2.45, 2.75) is 0 Å². The molecule has 2 aromatic heterocycles. The Hall–Kier alpha value is -5.06. The van der Waals surface area contributed by atoms with E-state index in [1.807, 2.05) is 43.5 Å². The highest BCUT2D eigenvalue weighted by Gasteiger charge is 2.19. The first-order chi connectivity index (χ1) is 16.8. The van der Waals surface area contributed by atoms with E-state index in [0.717, 1.165) is 5.69 Å². The number of aromatic carboxylic acids is 2. The molecule has 11 nitrogen and oxygen atoms in total. The van der Waals surface area contributed by atoms with Crippen LogP contribution in [0.2, 0.25) is 0 Å². The zero-order valence-electron chi connectivity index (χ0n) is 18.9. The van der Waals surface area contributed by atoms with Gasteiger partial charge in [0, 0.05) is 31.2 Å². The molecule has 11 heteroatoms. The summed E-state index contributed by atoms with van der Waals surface area (Å²) in [5.41, 5.74) is 2.52. The maximum atomic E-state index is 11.1. The van der Waals surface area contributed by atoms with Gasteiger partial charge in [-0.1, -0.05) is 0 Å². The standard InChI is InChI=1S/C24H21N7O4/c1-30(2)19-11-13-31(14-12-19)24-28-22(25-17-7-3-15(4-8-17)20(32)33)27-23(29-24)26-18-9-5-16(6-10-18)21(34)35/h3-14H,1-2H3,(H3-,25,26,27,28,29,32,33,34,35)/p+1. The maximum absolute atomic E-state index is 11.1. The Morgan fingerprint density at radius 2 is 1.14 bits per heavy atom. The van der Waals surface area contributed by atoms with E-state index in [1.165, 1.54) is 24.3 Å². The van der Waals surface area contributed by atoms with Crippen molar-refractivity contribution in [2.24, 2.45) is 0 Å². The highest BCUT2D eigenvalue weighted by Crippen LogP contribution is 2.19. The molecular weight excluding hydrogens is 450 g/mol. The molecule has 2 aromatic carbocycles. The van der Waals surface area contributed by atoms with E-state index < -0.39 is 11.9 Å². The van der Waals surface area contributed by atoms with Gasteiger partial charge in [-0.05, 0) is 70.6 Å². The fraction of sp³-hybridized carbons (Fsp3) is 0.0833. The summed E-state index contributed by atoms with van der Waals surface area (Å²) < 4.78 is 1.73. The lowest BCUT2D eigenvalue weighted by Gasteiger charge is -2.11. The van der Waals surface area contributed by atoms with Crippen molar-refractivity contribution in [3.05, 3.63) is 84.2 Å². The quantitative estimate of drug-likeness (QED) is 0.282. The first kappa shape index (κ1) is 23.1. The lowest BCUT2D eigenvalue weighted by molar-refractivity contribution is -0.603. The van der Waals surface area contributed by atoms with Gasteiger partial charge in [0.15, 0.2) is 0 Å². The Morgan fingerprint density at radius 3 is 1.51 bits per heavy atom. The molecule has 0 unspecified atom stereocenters. The van der Waals surface area contributed by atoms with Crippen molar-refractivity contribution in [1.82, 2.24) is 15.0 Å². The van der Waals surface area contributed by atoms with Crippen LogP contribution >= 0.6 is 0 Å². The van der Waals surface area contributed by atoms with E-state index in [9.17, 15) is 9.59 Å². The molecule has 0 aliphatic heterocycles. The number of pyridine rings is 1. The number of hydrogen-bond acceptors (Lipinski definition) is 8. The van der Waals surface area contributed by atoms with Gasteiger partial charge in [-0.3, -0.25) is 0 Å². The predicted octanol–water partition coefficient (Wildman–Crippen LogP) is 3.10. The van der Waals surface area contributed by atoms with Crippen molar-refractivity contribution in [3.8, 4) is 5.95 Å². The van der Waals surface area contributed by atoms with Crippen molar-refractivity contribution < 1.29 is 24.4 Å². The van der Waals surface area contributed by atoms with Crippen LogP contribution in [0.15, 0.2) is 73.1 Å². The molecule has 0 fully saturated rings. The summed E-state index contributed by atoms with van der Waals surface area (Å²) in [7, 11) is 3.88. The minimum Gasteiger partial charge on any atom is -0.478 e. The van der Waals surface area contributed by atoms with Crippen LogP contribution < -0.4 is 20.1 Å². The molecule has 35 heavy (non-hydrogen) atoms. The average molecular weight is 472 g/mol. The first-order valence-electron chi connectivity index (χ1n) is 10.4. The molecule has 0 spiro atoms. The molecule has 0 saturated heterocycles. The number of carboxylic acids is 2. The van der Waals surface area contributed by atoms with Crippen LogP contribution in [0.5, 0.6) is 0 Å². The molecule has 0 atom stereocenters. The van der Waals surface area contributed by atoms with Gasteiger partial charge in [-0.15, -0.1) is 4.98 Å². The normalized spacial score (nSPS) is 10.5. The second-order valence-corrected chi connectivity index (χ2v) is 7.66. The summed E-state index contributed by atoms with van der Waals surface area (Å²) in [5, 5.41) is 24.3. The van der Waals surface area contributed by atoms with Crippen LogP contribution in [0.1, 0.15) is 20.7 Å². The van der Waals surface area contributed by atoms with Crippen LogP contribution in [0, 0.1) is 0 Å². The minimum atomic E-state index is -1.02. The smallest absolute Gasteiger partial charge is 0.444 e. The van der Waals surface area contributed by atoms with Gasteiger partial charge in [-0.2, -0.15) is 0 Å². The van der Waals surface area contributed by atoms with Crippen LogP contribution in [0.4, 0.5) is 29.0 Å². The third-order valence-corrected chi connectivity index (χ3v) is 4.96. The minimum absolute atomic E-state index is 0.163. The zero-order chi connectivity index (χ0) is 24.9. The van der Waals surface area contributed by atoms with Crippen molar-refractivity contribution in [3.63, 3.8) is 0 Å². The molecule has 0 aliphatic carbocycles. The molecule has 0 saturated carbocycles. The van der Waals surface area contributed by atoms with Crippen LogP contribution in [-0.2, 0) is 0 Å². The molecule has 0 bridgehead atoms. The summed E-state index contributed by atoms with van der Waals surface area (Å²) in [6.07, 6.45) is 3.64. The molecule has 0 aliphatic rings. The largest absolute Gasteiger partial charge is 0.478 e. The number of rotatable bonds is 8. The SMILES string of the molecule is CN(C)c1cc[n+](-c2nc(Nc3ccc(C(=O)O)cc3)nc(Nc3ccc(C(=O)O)cc3)n2)cc1. The molecule has 0 radical (unpaired) electrons. The number of carboxylic acid groups (broad SMARTS) is 2. The number of nitrogens with one attached hydrogen (secondary N) is 2. The van der Waals surface area contributed by atoms with Crippen molar-refractivity contribution in [1.29, 1.82) is 0 Å². The molecule has 2 heterocycles. The van der Waals surface area contributed by atoms with E-state index in [2.05, 4.69) is 25.6 Å². The topological polar surface area (TPSA) is 144 Å². The number of aromatic nitrogens is 4. The van der Waals surface area contributed by atoms with Crippen LogP contribution in [0.3, 0.4) is 0 Å². The number of benzene rings is 2. The van der Waals surface area contributed by atoms with E-state index >= 15 is 0 Å². The fourth-order valence-electron chi connectivity index (χ4n) is 3.09. The highest BCUT2D eigenvalue weighted by molar-refractivity contribution is 5.88. The number of nitrogens with zero attached hydrogens (tertiary/aromatic N) is 5. The Kier molecular flexibility index (Phi) is 6.49. The maximum Gasteiger partial charge on any atom is 0.444 e. The highest BCUT2D eigenvalue weighted by atomic mass is 16.4. The van der Waals surface area contributed by atoms with E-state index in [4.69, 9.17) is 10.2 Å². The number of hydrogen-bond donors (Lipinski definition) is 4. The summed E-state index contributed by atoms with van der Waals surface area (Å²) in [6.45, 7) is 0. The van der Waals surface area contributed by atoms with Gasteiger partial charge in [0.25, 0.3) is 0 Å². The third kappa shape index (κ3) is 5.66. The first-order valence-corrected chi connectivity index (χ1v) is 10.4. The second-order valence-electron chi connectivity index (χ2n) is 7.66. The number of carbonyl (C=O) groups is 2. The van der Waals surface area contributed by atoms with Crippen molar-refractivity contribution >= 4 is 40.9 Å². The lowest BCUT2D eigenvalue weighted by Crippen LogP contribution is -2.33. The molecule has 4 aromatic rings. The third-order valence-electron chi connectivity index (χ3n) is 4.96. The summed E-state index contributed by atoms with van der Waals surface area (Å²) in [6, 6.07) is 16.2. The van der Waals surface area contributed by atoms with Gasteiger partial charge >= 0.3 is 29.8 Å². The number of anilines is 5. The zero-order valence-corrected chi connectivity index (χ0v) is 18.9.